The Morgan fingerprint density at radius 3 is 2.04 bits per heavy atom. The van der Waals surface area contributed by atoms with Gasteiger partial charge in [0.25, 0.3) is 0 Å². The van der Waals surface area contributed by atoms with Gasteiger partial charge in [0.1, 0.15) is 6.54 Å². The first-order valence-electron chi connectivity index (χ1n) is 10.5. The van der Waals surface area contributed by atoms with Crippen molar-refractivity contribution in [3.05, 3.63) is 41.5 Å². The van der Waals surface area contributed by atoms with Crippen LogP contribution in [0.2, 0.25) is 0 Å². The van der Waals surface area contributed by atoms with Gasteiger partial charge in [-0.1, -0.05) is 44.2 Å². The summed E-state index contributed by atoms with van der Waals surface area (Å²) < 4.78 is 0. The van der Waals surface area contributed by atoms with Crippen LogP contribution in [0.1, 0.15) is 31.4 Å². The van der Waals surface area contributed by atoms with Crippen LogP contribution >= 0.6 is 0 Å². The summed E-state index contributed by atoms with van der Waals surface area (Å²) in [7, 11) is 0. The number of benzene rings is 1. The summed E-state index contributed by atoms with van der Waals surface area (Å²) in [4.78, 5) is 40.1. The van der Waals surface area contributed by atoms with Crippen LogP contribution < -0.4 is 5.32 Å². The van der Waals surface area contributed by atoms with Crippen molar-refractivity contribution in [3.63, 3.8) is 0 Å². The largest absolute Gasteiger partial charge is 0.324 e. The average Bonchev–Trinajstić information content (AvgIpc) is 3.49. The van der Waals surface area contributed by atoms with Crippen molar-refractivity contribution < 1.29 is 14.4 Å². The van der Waals surface area contributed by atoms with Crippen LogP contribution in [0, 0.1) is 35.5 Å². The lowest BCUT2D eigenvalue weighted by Gasteiger charge is -2.37. The van der Waals surface area contributed by atoms with Crippen LogP contribution in [-0.4, -0.2) is 29.2 Å². The zero-order valence-electron chi connectivity index (χ0n) is 16.4. The summed E-state index contributed by atoms with van der Waals surface area (Å²) in [6, 6.07) is 6.01. The Labute approximate surface area is 165 Å². The molecule has 2 bridgehead atoms. The average molecular weight is 378 g/mol. The summed E-state index contributed by atoms with van der Waals surface area (Å²) in [5, 5.41) is 2.99. The van der Waals surface area contributed by atoms with Gasteiger partial charge in [-0.3, -0.25) is 19.3 Å². The Morgan fingerprint density at radius 2 is 1.54 bits per heavy atom. The number of aryl methyl sites for hydroxylation is 2. The van der Waals surface area contributed by atoms with Crippen molar-refractivity contribution in [1.29, 1.82) is 0 Å². The third kappa shape index (κ3) is 2.41. The number of likely N-dealkylation sites (tertiary alicyclic amines) is 1. The van der Waals surface area contributed by atoms with Gasteiger partial charge in [0.05, 0.1) is 11.8 Å². The molecule has 0 radical (unpaired) electrons. The predicted octanol–water partition coefficient (Wildman–Crippen LogP) is 2.80. The van der Waals surface area contributed by atoms with Gasteiger partial charge in [0.2, 0.25) is 17.7 Å². The molecule has 6 atom stereocenters. The molecular formula is C23H26N2O3. The molecule has 146 valence electrons. The number of hydrogen-bond acceptors (Lipinski definition) is 3. The molecule has 0 unspecified atom stereocenters. The Hall–Kier alpha value is -2.43. The number of imide groups is 1. The number of para-hydroxylation sites is 1. The van der Waals surface area contributed by atoms with Crippen molar-refractivity contribution >= 4 is 23.4 Å². The van der Waals surface area contributed by atoms with Crippen LogP contribution in [0.3, 0.4) is 0 Å². The van der Waals surface area contributed by atoms with E-state index in [1.807, 2.05) is 18.2 Å². The molecule has 1 aromatic carbocycles. The number of rotatable bonds is 5. The fourth-order valence-corrected chi connectivity index (χ4v) is 5.90. The molecule has 3 amide bonds. The molecule has 5 heteroatoms. The minimum atomic E-state index is -0.290. The summed E-state index contributed by atoms with van der Waals surface area (Å²) in [6.07, 6.45) is 7.07. The van der Waals surface area contributed by atoms with Crippen molar-refractivity contribution in [2.75, 3.05) is 11.9 Å². The number of carbonyl (C=O) groups is 3. The first kappa shape index (κ1) is 17.7. The van der Waals surface area contributed by atoms with Crippen molar-refractivity contribution in [1.82, 2.24) is 4.90 Å². The molecular weight excluding hydrogens is 352 g/mol. The zero-order chi connectivity index (χ0) is 19.6. The topological polar surface area (TPSA) is 66.5 Å². The van der Waals surface area contributed by atoms with Gasteiger partial charge in [0.15, 0.2) is 0 Å². The predicted molar refractivity (Wildman–Crippen MR) is 105 cm³/mol. The minimum Gasteiger partial charge on any atom is -0.324 e. The molecule has 28 heavy (non-hydrogen) atoms. The maximum absolute atomic E-state index is 13.0. The quantitative estimate of drug-likeness (QED) is 0.633. The van der Waals surface area contributed by atoms with Gasteiger partial charge in [-0.25, -0.2) is 0 Å². The molecule has 1 heterocycles. The molecule has 3 fully saturated rings. The summed E-state index contributed by atoms with van der Waals surface area (Å²) in [6.45, 7) is 3.92. The molecule has 5 aliphatic rings. The number of hydrogen-bond donors (Lipinski definition) is 1. The van der Waals surface area contributed by atoms with E-state index in [4.69, 9.17) is 0 Å². The second-order valence-electron chi connectivity index (χ2n) is 8.62. The lowest BCUT2D eigenvalue weighted by atomic mass is 9.63. The normalized spacial score (nSPS) is 34.4. The number of amides is 3. The van der Waals surface area contributed by atoms with Gasteiger partial charge in [0, 0.05) is 5.69 Å². The van der Waals surface area contributed by atoms with E-state index in [0.717, 1.165) is 36.1 Å². The fraction of sp³-hybridized carbons (Fsp3) is 0.522. The molecule has 1 saturated heterocycles. The van der Waals surface area contributed by atoms with E-state index >= 15 is 0 Å². The van der Waals surface area contributed by atoms with E-state index in [0.29, 0.717) is 11.8 Å². The molecule has 6 rings (SSSR count). The maximum atomic E-state index is 13.0. The van der Waals surface area contributed by atoms with Crippen LogP contribution in [0.15, 0.2) is 30.4 Å². The third-order valence-electron chi connectivity index (χ3n) is 7.32. The van der Waals surface area contributed by atoms with Gasteiger partial charge >= 0.3 is 0 Å². The Kier molecular flexibility index (Phi) is 3.97. The fourth-order valence-electron chi connectivity index (χ4n) is 5.90. The van der Waals surface area contributed by atoms with Gasteiger partial charge in [-0.15, -0.1) is 0 Å². The van der Waals surface area contributed by atoms with Crippen LogP contribution in [0.4, 0.5) is 5.69 Å². The highest BCUT2D eigenvalue weighted by Crippen LogP contribution is 2.65. The molecule has 1 N–H and O–H groups in total. The van der Waals surface area contributed by atoms with Crippen LogP contribution in [0.25, 0.3) is 0 Å². The Balaban J connectivity index is 1.35. The molecule has 1 aliphatic heterocycles. The zero-order valence-corrected chi connectivity index (χ0v) is 16.4. The molecule has 0 aromatic heterocycles. The number of carbonyl (C=O) groups excluding carboxylic acids is 3. The lowest BCUT2D eigenvalue weighted by molar-refractivity contribution is -0.142. The smallest absolute Gasteiger partial charge is 0.244 e. The highest BCUT2D eigenvalue weighted by molar-refractivity contribution is 6.09. The number of anilines is 1. The summed E-state index contributed by atoms with van der Waals surface area (Å²) >= 11 is 0. The van der Waals surface area contributed by atoms with E-state index in [-0.39, 0.29) is 47.9 Å². The number of nitrogens with zero attached hydrogens (tertiary/aromatic N) is 1. The van der Waals surface area contributed by atoms with Crippen LogP contribution in [-0.2, 0) is 27.2 Å². The maximum Gasteiger partial charge on any atom is 0.244 e. The first-order chi connectivity index (χ1) is 13.5. The summed E-state index contributed by atoms with van der Waals surface area (Å²) in [5.74, 6) is 0.469. The third-order valence-corrected chi connectivity index (χ3v) is 7.32. The molecule has 0 spiro atoms. The number of allylic oxidation sites excluding steroid dienone is 2. The minimum absolute atomic E-state index is 0.144. The molecule has 4 aliphatic carbocycles. The SMILES string of the molecule is CCc1cccc(CC)c1NC(=O)CN1C(=O)[C@H]2[C@@H]3C=C[C@H]([C@H]4C[C@H]34)[C@@H]2C1=O. The highest BCUT2D eigenvalue weighted by atomic mass is 16.2. The second-order valence-corrected chi connectivity index (χ2v) is 8.62. The molecule has 1 aromatic rings. The van der Waals surface area contributed by atoms with E-state index in [2.05, 4.69) is 31.3 Å². The van der Waals surface area contributed by atoms with E-state index in [1.54, 1.807) is 0 Å². The van der Waals surface area contributed by atoms with Crippen molar-refractivity contribution in [2.24, 2.45) is 35.5 Å². The van der Waals surface area contributed by atoms with Crippen molar-refractivity contribution in [3.8, 4) is 0 Å². The summed E-state index contributed by atoms with van der Waals surface area (Å²) in [5.41, 5.74) is 2.97. The van der Waals surface area contributed by atoms with E-state index in [9.17, 15) is 14.4 Å². The van der Waals surface area contributed by atoms with E-state index in [1.165, 1.54) is 4.90 Å². The Morgan fingerprint density at radius 1 is 1.00 bits per heavy atom. The van der Waals surface area contributed by atoms with Gasteiger partial charge < -0.3 is 5.32 Å². The van der Waals surface area contributed by atoms with Gasteiger partial charge in [-0.2, -0.15) is 0 Å². The Bertz CT molecular complexity index is 847. The van der Waals surface area contributed by atoms with E-state index < -0.39 is 0 Å². The lowest BCUT2D eigenvalue weighted by Crippen LogP contribution is -2.40. The second kappa shape index (κ2) is 6.29. The van der Waals surface area contributed by atoms with Crippen LogP contribution in [0.5, 0.6) is 0 Å². The first-order valence-corrected chi connectivity index (χ1v) is 10.5. The highest BCUT2D eigenvalue weighted by Gasteiger charge is 2.67. The monoisotopic (exact) mass is 378 g/mol. The molecule has 2 saturated carbocycles. The molecule has 5 nitrogen and oxygen atoms in total. The standard InChI is InChI=1S/C23H26N2O3/c1-3-12-6-5-7-13(4-2)21(12)24-18(26)11-25-22(27)19-14-8-9-15(17-10-16(14)17)20(19)23(25)28/h5-9,14-17,19-20H,3-4,10-11H2,1-2H3,(H,24,26)/t14-,15-,16-,17-,19+,20+/m1/s1. The number of nitrogens with one attached hydrogen (secondary N) is 1. The van der Waals surface area contributed by atoms with Gasteiger partial charge in [-0.05, 0) is 54.1 Å². The van der Waals surface area contributed by atoms with Crippen molar-refractivity contribution in [2.45, 2.75) is 33.1 Å².